The van der Waals surface area contributed by atoms with E-state index in [1.165, 1.54) is 0 Å². The minimum atomic E-state index is -0.922. The van der Waals surface area contributed by atoms with Gasteiger partial charge in [0.15, 0.2) is 11.6 Å². The van der Waals surface area contributed by atoms with E-state index in [4.69, 9.17) is 25.7 Å². The van der Waals surface area contributed by atoms with Gasteiger partial charge in [-0.3, -0.25) is 35.6 Å². The van der Waals surface area contributed by atoms with Crippen molar-refractivity contribution in [1.82, 2.24) is 5.32 Å². The van der Waals surface area contributed by atoms with Crippen LogP contribution in [-0.2, 0) is 30.5 Å². The monoisotopic (exact) mass is 902 g/mol. The number of hydrogen-bond donors (Lipinski definition) is 5. The number of unbranched alkanes of at least 4 members (excludes halogenated alkanes) is 1. The van der Waals surface area contributed by atoms with Gasteiger partial charge in [-0.2, -0.15) is 0 Å². The Hall–Kier alpha value is -6.27. The van der Waals surface area contributed by atoms with E-state index < -0.39 is 29.8 Å². The Bertz CT molecular complexity index is 2400. The maximum atomic E-state index is 14.3. The molecule has 0 aliphatic rings. The van der Waals surface area contributed by atoms with Crippen LogP contribution < -0.4 is 37.0 Å². The van der Waals surface area contributed by atoms with Crippen molar-refractivity contribution in [3.63, 3.8) is 0 Å². The number of quaternary nitrogens is 1. The number of rotatable bonds is 28. The Morgan fingerprint density at radius 3 is 1.89 bits per heavy atom. The molecular weight excluding hydrogens is 831 g/mol. The molecule has 0 spiro atoms. The number of benzene rings is 5. The molecule has 12 nitrogen and oxygen atoms in total. The largest absolute Gasteiger partial charge is 0.493 e. The first-order valence-corrected chi connectivity index (χ1v) is 23.6. The molecule has 3 atom stereocenters. The SMILES string of the molecule is CC(C)CCOc1ccc2ccccc2c1-c1c(OCC(=O)C[C@H](CCCC[NH3+])C(=O)N[C@H](CCC[NH+]=C(N)N)C(=O)C[C@@H](CC(C)C)C(=O)OCc2ccccc2)ccc2ccccc12. The number of fused-ring (bicyclic) bond motifs is 2. The lowest BCUT2D eigenvalue weighted by atomic mass is 9.89. The molecule has 0 saturated carbocycles. The maximum Gasteiger partial charge on any atom is 0.338 e. The lowest BCUT2D eigenvalue weighted by Gasteiger charge is -2.24. The van der Waals surface area contributed by atoms with E-state index in [9.17, 15) is 19.2 Å². The molecule has 0 radical (unpaired) electrons. The Labute approximate surface area is 390 Å². The summed E-state index contributed by atoms with van der Waals surface area (Å²) in [5, 5.41) is 7.01. The zero-order valence-corrected chi connectivity index (χ0v) is 39.3. The summed E-state index contributed by atoms with van der Waals surface area (Å²) in [7, 11) is 0. The fourth-order valence-corrected chi connectivity index (χ4v) is 8.26. The Kier molecular flexibility index (Phi) is 20.0. The summed E-state index contributed by atoms with van der Waals surface area (Å²) in [5.74, 6) is -0.947. The lowest BCUT2D eigenvalue weighted by molar-refractivity contribution is -0.459. The van der Waals surface area contributed by atoms with Crippen LogP contribution >= 0.6 is 0 Å². The predicted molar refractivity (Wildman–Crippen MR) is 261 cm³/mol. The Morgan fingerprint density at radius 1 is 0.667 bits per heavy atom. The van der Waals surface area contributed by atoms with Crippen molar-refractivity contribution >= 4 is 50.9 Å². The average molecular weight is 902 g/mol. The van der Waals surface area contributed by atoms with Crippen LogP contribution in [0, 0.1) is 23.7 Å². The predicted octanol–water partition coefficient (Wildman–Crippen LogP) is 6.44. The number of ether oxygens (including phenoxy) is 3. The summed E-state index contributed by atoms with van der Waals surface area (Å²) in [5.41, 5.74) is 17.8. The first-order chi connectivity index (χ1) is 31.8. The van der Waals surface area contributed by atoms with E-state index in [2.05, 4.69) is 60.2 Å². The number of guanidine groups is 1. The van der Waals surface area contributed by atoms with Gasteiger partial charge in [-0.25, -0.2) is 0 Å². The van der Waals surface area contributed by atoms with Crippen LogP contribution in [0.25, 0.3) is 32.7 Å². The highest BCUT2D eigenvalue weighted by Crippen LogP contribution is 2.45. The number of esters is 1. The second-order valence-electron chi connectivity index (χ2n) is 18.1. The number of carbonyl (C=O) groups excluding carboxylic acids is 4. The van der Waals surface area contributed by atoms with Crippen molar-refractivity contribution in [1.29, 1.82) is 0 Å². The quantitative estimate of drug-likeness (QED) is 0.0162. The highest BCUT2D eigenvalue weighted by molar-refractivity contribution is 6.10. The van der Waals surface area contributed by atoms with Gasteiger partial charge in [0.05, 0.1) is 31.7 Å². The minimum absolute atomic E-state index is 0.0506. The third-order valence-electron chi connectivity index (χ3n) is 11.7. The third-order valence-corrected chi connectivity index (χ3v) is 11.7. The molecule has 0 aliphatic carbocycles. The van der Waals surface area contributed by atoms with Gasteiger partial charge in [-0.1, -0.05) is 119 Å². The number of Topliss-reactive ketones (excluding diaryl/α,β-unsaturated/α-hetero) is 2. The third kappa shape index (κ3) is 15.4. The van der Waals surface area contributed by atoms with E-state index in [0.717, 1.165) is 56.8 Å². The molecule has 352 valence electrons. The summed E-state index contributed by atoms with van der Waals surface area (Å²) in [6, 6.07) is 32.7. The highest BCUT2D eigenvalue weighted by Gasteiger charge is 2.32. The van der Waals surface area contributed by atoms with Crippen LogP contribution in [0.5, 0.6) is 11.5 Å². The van der Waals surface area contributed by atoms with E-state index in [1.807, 2.05) is 86.6 Å². The molecule has 0 heterocycles. The van der Waals surface area contributed by atoms with Crippen molar-refractivity contribution in [3.05, 3.63) is 109 Å². The van der Waals surface area contributed by atoms with Gasteiger partial charge >= 0.3 is 11.9 Å². The molecule has 66 heavy (non-hydrogen) atoms. The van der Waals surface area contributed by atoms with E-state index in [1.54, 1.807) is 0 Å². The molecule has 9 N–H and O–H groups in total. The summed E-state index contributed by atoms with van der Waals surface area (Å²) in [6.45, 7) is 9.74. The summed E-state index contributed by atoms with van der Waals surface area (Å²) in [4.78, 5) is 58.8. The average Bonchev–Trinajstić information content (AvgIpc) is 3.30. The van der Waals surface area contributed by atoms with Crippen molar-refractivity contribution in [2.24, 2.45) is 35.1 Å². The van der Waals surface area contributed by atoms with Crippen molar-refractivity contribution in [2.45, 2.75) is 98.1 Å². The van der Waals surface area contributed by atoms with Gasteiger partial charge in [-0.05, 0) is 96.0 Å². The zero-order chi connectivity index (χ0) is 47.4. The van der Waals surface area contributed by atoms with Crippen molar-refractivity contribution < 1.29 is 44.1 Å². The first kappa shape index (κ1) is 50.7. The molecule has 0 bridgehead atoms. The fraction of sp³-hybridized carbons (Fsp3) is 0.426. The van der Waals surface area contributed by atoms with Crippen LogP contribution in [0.2, 0.25) is 0 Å². The highest BCUT2D eigenvalue weighted by atomic mass is 16.5. The van der Waals surface area contributed by atoms with Crippen LogP contribution in [0.15, 0.2) is 103 Å². The van der Waals surface area contributed by atoms with E-state index >= 15 is 0 Å². The number of hydrogen-bond acceptors (Lipinski definition) is 7. The molecule has 5 aromatic carbocycles. The standard InChI is InChI=1S/C54H69N5O7/c1-36(2)27-30-64-48-25-23-39-17-8-10-20-44(39)50(48)51-45-21-11-9-18-40(45)24-26-49(51)65-35-43(60)32-41(19-12-13-28-55)52(62)59-46(22-14-29-58-54(56)57)47(61)33-42(31-37(3)4)53(63)66-34-38-15-6-5-7-16-38/h5-11,15-18,20-21,23-26,36-37,41-42,46H,12-14,19,22,27-35,55H2,1-4H3,(H,59,62)(H4,56,57,58)/p+2/t41-,42+,46+/m0/s1. The number of nitrogens with two attached hydrogens (primary N) is 2. The minimum Gasteiger partial charge on any atom is -0.493 e. The van der Waals surface area contributed by atoms with E-state index in [-0.39, 0.29) is 55.9 Å². The maximum absolute atomic E-state index is 14.3. The number of amides is 1. The van der Waals surface area contributed by atoms with Crippen LogP contribution in [-0.4, -0.2) is 61.7 Å². The smallest absolute Gasteiger partial charge is 0.338 e. The first-order valence-electron chi connectivity index (χ1n) is 23.6. The van der Waals surface area contributed by atoms with Crippen LogP contribution in [0.1, 0.15) is 91.0 Å². The molecule has 0 aromatic heterocycles. The molecule has 12 heteroatoms. The molecule has 1 amide bonds. The molecule has 5 rings (SSSR count). The molecule has 0 fully saturated rings. The zero-order valence-electron chi connectivity index (χ0n) is 39.3. The molecule has 0 aliphatic heterocycles. The summed E-state index contributed by atoms with van der Waals surface area (Å²) >= 11 is 0. The van der Waals surface area contributed by atoms with Gasteiger partial charge < -0.3 is 25.3 Å². The molecule has 0 unspecified atom stereocenters. The van der Waals surface area contributed by atoms with Crippen molar-refractivity contribution in [3.8, 4) is 22.6 Å². The molecule has 0 saturated heterocycles. The number of carbonyl (C=O) groups is 4. The van der Waals surface area contributed by atoms with Crippen LogP contribution in [0.3, 0.4) is 0 Å². The lowest BCUT2D eigenvalue weighted by Crippen LogP contribution is -2.78. The molecular formula is C54H71N5O7+2. The number of nitrogens with one attached hydrogen (secondary N) is 2. The van der Waals surface area contributed by atoms with Gasteiger partial charge in [0.25, 0.3) is 0 Å². The Morgan fingerprint density at radius 2 is 1.29 bits per heavy atom. The van der Waals surface area contributed by atoms with Gasteiger partial charge in [0.2, 0.25) is 5.91 Å². The van der Waals surface area contributed by atoms with E-state index in [0.29, 0.717) is 57.0 Å². The number of ketones is 2. The fourth-order valence-electron chi connectivity index (χ4n) is 8.26. The van der Waals surface area contributed by atoms with Gasteiger partial charge in [0, 0.05) is 29.9 Å². The second-order valence-corrected chi connectivity index (χ2v) is 18.1. The molecule has 5 aromatic rings. The van der Waals surface area contributed by atoms with Crippen molar-refractivity contribution in [2.75, 3.05) is 26.3 Å². The van der Waals surface area contributed by atoms with Crippen LogP contribution in [0.4, 0.5) is 0 Å². The Balaban J connectivity index is 1.37. The topological polar surface area (TPSA) is 202 Å². The van der Waals surface area contributed by atoms with Gasteiger partial charge in [-0.15, -0.1) is 0 Å². The van der Waals surface area contributed by atoms with Gasteiger partial charge in [0.1, 0.15) is 24.7 Å². The second kappa shape index (κ2) is 26.0. The summed E-state index contributed by atoms with van der Waals surface area (Å²) < 4.78 is 18.7. The normalized spacial score (nSPS) is 12.7. The summed E-state index contributed by atoms with van der Waals surface area (Å²) in [6.07, 6.45) is 3.71.